The Hall–Kier alpha value is -2.09. The minimum absolute atomic E-state index is 0.0462. The zero-order valence-electron chi connectivity index (χ0n) is 8.36. The van der Waals surface area contributed by atoms with Crippen LogP contribution < -0.4 is 11.2 Å². The zero-order valence-corrected chi connectivity index (χ0v) is 8.36. The van der Waals surface area contributed by atoms with Crippen molar-refractivity contribution >= 4 is 0 Å². The third kappa shape index (κ3) is 2.68. The fraction of sp³-hybridized carbons (Fsp3) is 0.300. The Labute approximate surface area is 86.3 Å². The summed E-state index contributed by atoms with van der Waals surface area (Å²) in [6.45, 7) is 2.34. The van der Waals surface area contributed by atoms with Crippen LogP contribution in [0.25, 0.3) is 0 Å². The van der Waals surface area contributed by atoms with E-state index < -0.39 is 11.2 Å². The van der Waals surface area contributed by atoms with Gasteiger partial charge in [0.1, 0.15) is 11.6 Å². The van der Waals surface area contributed by atoms with Gasteiger partial charge < -0.3 is 0 Å². The second-order valence-corrected chi connectivity index (χ2v) is 2.96. The first-order valence-corrected chi connectivity index (χ1v) is 4.54. The van der Waals surface area contributed by atoms with Crippen molar-refractivity contribution in [3.8, 4) is 6.07 Å². The van der Waals surface area contributed by atoms with E-state index in [1.165, 1.54) is 10.8 Å². The molecule has 1 aromatic heterocycles. The van der Waals surface area contributed by atoms with Crippen molar-refractivity contribution in [2.45, 2.75) is 19.9 Å². The third-order valence-corrected chi connectivity index (χ3v) is 1.90. The largest absolute Gasteiger partial charge is 0.328 e. The molecule has 0 aliphatic heterocycles. The normalized spacial score (nSPS) is 10.4. The highest BCUT2D eigenvalue weighted by Gasteiger charge is 2.02. The van der Waals surface area contributed by atoms with Crippen molar-refractivity contribution in [2.75, 3.05) is 0 Å². The van der Waals surface area contributed by atoms with Crippen LogP contribution in [0, 0.1) is 11.3 Å². The van der Waals surface area contributed by atoms with Crippen molar-refractivity contribution in [1.29, 1.82) is 5.26 Å². The van der Waals surface area contributed by atoms with Crippen LogP contribution in [-0.4, -0.2) is 9.55 Å². The van der Waals surface area contributed by atoms with Crippen molar-refractivity contribution in [3.05, 3.63) is 44.8 Å². The van der Waals surface area contributed by atoms with Gasteiger partial charge in [-0.25, -0.2) is 4.79 Å². The molecule has 0 bridgehead atoms. The molecular weight excluding hydrogens is 194 g/mol. The number of allylic oxidation sites excluding steroid dienone is 2. The number of H-pyrrole nitrogens is 1. The topological polar surface area (TPSA) is 78.7 Å². The van der Waals surface area contributed by atoms with Crippen LogP contribution in [0.3, 0.4) is 0 Å². The average molecular weight is 205 g/mol. The Morgan fingerprint density at radius 2 is 2.33 bits per heavy atom. The summed E-state index contributed by atoms with van der Waals surface area (Å²) in [6.07, 6.45) is 5.75. The van der Waals surface area contributed by atoms with E-state index in [9.17, 15) is 9.59 Å². The van der Waals surface area contributed by atoms with Gasteiger partial charge in [-0.15, -0.1) is 0 Å². The van der Waals surface area contributed by atoms with Crippen LogP contribution in [0.2, 0.25) is 0 Å². The lowest BCUT2D eigenvalue weighted by molar-refractivity contribution is 0.652. The van der Waals surface area contributed by atoms with E-state index in [1.54, 1.807) is 6.07 Å². The molecule has 0 radical (unpaired) electrons. The van der Waals surface area contributed by atoms with E-state index in [0.29, 0.717) is 13.0 Å². The summed E-state index contributed by atoms with van der Waals surface area (Å²) in [6, 6.07) is 1.73. The summed E-state index contributed by atoms with van der Waals surface area (Å²) in [5, 5.41) is 8.61. The molecule has 0 amide bonds. The van der Waals surface area contributed by atoms with E-state index in [2.05, 4.69) is 4.98 Å². The van der Waals surface area contributed by atoms with Crippen LogP contribution in [0.1, 0.15) is 18.9 Å². The summed E-state index contributed by atoms with van der Waals surface area (Å²) < 4.78 is 1.32. The number of aryl methyl sites for hydroxylation is 1. The maximum Gasteiger partial charge on any atom is 0.328 e. The minimum Gasteiger partial charge on any atom is -0.299 e. The number of nitrogens with zero attached hydrogens (tertiary/aromatic N) is 2. The van der Waals surface area contributed by atoms with Crippen molar-refractivity contribution in [2.24, 2.45) is 0 Å². The Balaban J connectivity index is 3.04. The molecule has 5 nitrogen and oxygen atoms in total. The van der Waals surface area contributed by atoms with Gasteiger partial charge in [-0.3, -0.25) is 14.3 Å². The highest BCUT2D eigenvalue weighted by Crippen LogP contribution is 1.90. The minimum atomic E-state index is -0.634. The second kappa shape index (κ2) is 4.96. The molecule has 5 heteroatoms. The Morgan fingerprint density at radius 3 is 2.93 bits per heavy atom. The molecule has 0 aromatic carbocycles. The van der Waals surface area contributed by atoms with Gasteiger partial charge >= 0.3 is 5.69 Å². The molecule has 0 aliphatic carbocycles. The average Bonchev–Trinajstić information content (AvgIpc) is 2.21. The van der Waals surface area contributed by atoms with Crippen molar-refractivity contribution in [3.63, 3.8) is 0 Å². The highest BCUT2D eigenvalue weighted by molar-refractivity contribution is 5.21. The monoisotopic (exact) mass is 205 g/mol. The van der Waals surface area contributed by atoms with E-state index in [1.807, 2.05) is 19.1 Å². The van der Waals surface area contributed by atoms with Crippen LogP contribution >= 0.6 is 0 Å². The van der Waals surface area contributed by atoms with Gasteiger partial charge in [0.15, 0.2) is 0 Å². The van der Waals surface area contributed by atoms with Crippen LogP contribution in [0.5, 0.6) is 0 Å². The summed E-state index contributed by atoms with van der Waals surface area (Å²) in [5.41, 5.74) is -1.16. The van der Waals surface area contributed by atoms with Gasteiger partial charge in [0.25, 0.3) is 5.56 Å². The highest BCUT2D eigenvalue weighted by atomic mass is 16.2. The van der Waals surface area contributed by atoms with Gasteiger partial charge in [0, 0.05) is 12.7 Å². The molecule has 1 aromatic rings. The second-order valence-electron chi connectivity index (χ2n) is 2.96. The maximum atomic E-state index is 11.3. The number of nitrogens with one attached hydrogen (secondary N) is 1. The molecule has 0 saturated carbocycles. The molecule has 0 saturated heterocycles. The molecule has 1 rings (SSSR count). The summed E-state index contributed by atoms with van der Waals surface area (Å²) in [7, 11) is 0. The van der Waals surface area contributed by atoms with E-state index in [-0.39, 0.29) is 5.56 Å². The van der Waals surface area contributed by atoms with Gasteiger partial charge in [-0.05, 0) is 13.3 Å². The molecule has 78 valence electrons. The predicted molar refractivity (Wildman–Crippen MR) is 55.5 cm³/mol. The third-order valence-electron chi connectivity index (χ3n) is 1.90. The van der Waals surface area contributed by atoms with Gasteiger partial charge in [-0.1, -0.05) is 12.2 Å². The molecule has 1 N–H and O–H groups in total. The van der Waals surface area contributed by atoms with Crippen molar-refractivity contribution in [1.82, 2.24) is 9.55 Å². The van der Waals surface area contributed by atoms with E-state index in [0.717, 1.165) is 0 Å². The quantitative estimate of drug-likeness (QED) is 0.724. The fourth-order valence-electron chi connectivity index (χ4n) is 1.14. The lowest BCUT2D eigenvalue weighted by atomic mass is 10.3. The van der Waals surface area contributed by atoms with Crippen LogP contribution in [0.15, 0.2) is 27.9 Å². The molecule has 1 heterocycles. The van der Waals surface area contributed by atoms with Crippen LogP contribution in [0.4, 0.5) is 0 Å². The van der Waals surface area contributed by atoms with E-state index >= 15 is 0 Å². The Morgan fingerprint density at radius 1 is 1.60 bits per heavy atom. The standard InChI is InChI=1S/C10H11N3O2/c1-2-3-4-5-13-7-8(6-11)9(14)12-10(13)15/h2-3,7H,4-5H2,1H3,(H,12,14,15)/b3-2+. The van der Waals surface area contributed by atoms with Crippen LogP contribution in [-0.2, 0) is 6.54 Å². The molecular formula is C10H11N3O2. The number of nitriles is 1. The number of rotatable bonds is 3. The summed E-state index contributed by atoms with van der Waals surface area (Å²) in [4.78, 5) is 24.4. The first-order valence-electron chi connectivity index (χ1n) is 4.54. The van der Waals surface area contributed by atoms with Gasteiger partial charge in [0.05, 0.1) is 0 Å². The zero-order chi connectivity index (χ0) is 11.3. The van der Waals surface area contributed by atoms with Crippen molar-refractivity contribution < 1.29 is 0 Å². The first kappa shape index (κ1) is 11.0. The van der Waals surface area contributed by atoms with Gasteiger partial charge in [0.2, 0.25) is 0 Å². The fourth-order valence-corrected chi connectivity index (χ4v) is 1.14. The molecule has 0 unspecified atom stereocenters. The smallest absolute Gasteiger partial charge is 0.299 e. The maximum absolute atomic E-state index is 11.3. The molecule has 0 fully saturated rings. The number of aromatic nitrogens is 2. The van der Waals surface area contributed by atoms with E-state index in [4.69, 9.17) is 5.26 Å². The lowest BCUT2D eigenvalue weighted by Gasteiger charge is -2.01. The molecule has 0 aliphatic rings. The molecule has 0 spiro atoms. The Bertz CT molecular complexity index is 517. The number of aromatic amines is 1. The SMILES string of the molecule is C/C=C/CCn1cc(C#N)c(=O)[nH]c1=O. The molecule has 15 heavy (non-hydrogen) atoms. The summed E-state index contributed by atoms with van der Waals surface area (Å²) >= 11 is 0. The lowest BCUT2D eigenvalue weighted by Crippen LogP contribution is -2.30. The predicted octanol–water partition coefficient (Wildman–Crippen LogP) is 0.374. The molecule has 0 atom stereocenters. The first-order chi connectivity index (χ1) is 7.19. The Kier molecular flexibility index (Phi) is 3.63. The number of hydrogen-bond donors (Lipinski definition) is 1. The van der Waals surface area contributed by atoms with Gasteiger partial charge in [-0.2, -0.15) is 5.26 Å². The summed E-state index contributed by atoms with van der Waals surface area (Å²) in [5.74, 6) is 0. The number of hydrogen-bond acceptors (Lipinski definition) is 3.